The van der Waals surface area contributed by atoms with E-state index < -0.39 is 17.0 Å². The van der Waals surface area contributed by atoms with E-state index in [0.717, 1.165) is 6.08 Å². The van der Waals surface area contributed by atoms with E-state index in [1.807, 2.05) is 13.8 Å². The van der Waals surface area contributed by atoms with Crippen LogP contribution in [0.4, 0.5) is 13.2 Å². The van der Waals surface area contributed by atoms with Gasteiger partial charge in [0, 0.05) is 18.7 Å². The first-order chi connectivity index (χ1) is 7.73. The fourth-order valence-corrected chi connectivity index (χ4v) is 1.76. The van der Waals surface area contributed by atoms with Gasteiger partial charge < -0.3 is 4.90 Å². The maximum atomic E-state index is 12.4. The number of amides is 1. The molecular weight excluding hydrogens is 251 g/mol. The van der Waals surface area contributed by atoms with Crippen molar-refractivity contribution in [2.75, 3.05) is 13.1 Å². The summed E-state index contributed by atoms with van der Waals surface area (Å²) in [4.78, 5) is 13.3. The van der Waals surface area contributed by atoms with Crippen molar-refractivity contribution in [3.63, 3.8) is 0 Å². The summed E-state index contributed by atoms with van der Waals surface area (Å²) in [7, 11) is 0. The molecule has 0 saturated carbocycles. The van der Waals surface area contributed by atoms with Crippen molar-refractivity contribution < 1.29 is 18.0 Å². The number of carbonyl (C=O) groups excluding carboxylic acids is 1. The number of rotatable bonds is 2. The van der Waals surface area contributed by atoms with Crippen LogP contribution in [0.2, 0.25) is 0 Å². The molecule has 0 aromatic heterocycles. The second-order valence-corrected chi connectivity index (χ2v) is 5.01. The molecule has 1 amide bonds. The highest BCUT2D eigenvalue weighted by molar-refractivity contribution is 7.81. The smallest absolute Gasteiger partial charge is 0.338 e. The second kappa shape index (κ2) is 5.33. The van der Waals surface area contributed by atoms with Crippen molar-refractivity contribution in [2.24, 2.45) is 5.92 Å². The Morgan fingerprint density at radius 3 is 2.41 bits per heavy atom. The van der Waals surface area contributed by atoms with E-state index in [1.165, 1.54) is 4.90 Å². The van der Waals surface area contributed by atoms with E-state index in [4.69, 9.17) is 0 Å². The predicted octanol–water partition coefficient (Wildman–Crippen LogP) is 2.66. The standard InChI is InChI=1S/C11H16F3NOS/c1-7(2)9(17)10(16)15-5-3-8(4-6-15)11(12,13)14/h3,7,9,17H,4-6H2,1-2H3. The molecule has 0 N–H and O–H groups in total. The monoisotopic (exact) mass is 267 g/mol. The van der Waals surface area contributed by atoms with Gasteiger partial charge in [0.25, 0.3) is 0 Å². The Kier molecular flexibility index (Phi) is 4.52. The zero-order valence-electron chi connectivity index (χ0n) is 9.79. The fraction of sp³-hybridized carbons (Fsp3) is 0.727. The van der Waals surface area contributed by atoms with Crippen LogP contribution in [-0.4, -0.2) is 35.3 Å². The van der Waals surface area contributed by atoms with E-state index in [2.05, 4.69) is 12.6 Å². The molecule has 0 bridgehead atoms. The zero-order chi connectivity index (χ0) is 13.2. The van der Waals surface area contributed by atoms with E-state index >= 15 is 0 Å². The summed E-state index contributed by atoms with van der Waals surface area (Å²) in [6.07, 6.45) is -3.32. The highest BCUT2D eigenvalue weighted by atomic mass is 32.1. The van der Waals surface area contributed by atoms with Crippen LogP contribution >= 0.6 is 12.6 Å². The van der Waals surface area contributed by atoms with Crippen molar-refractivity contribution in [3.05, 3.63) is 11.6 Å². The lowest BCUT2D eigenvalue weighted by Gasteiger charge is -2.30. The first kappa shape index (κ1) is 14.4. The van der Waals surface area contributed by atoms with E-state index in [-0.39, 0.29) is 31.3 Å². The third-order valence-electron chi connectivity index (χ3n) is 2.77. The van der Waals surface area contributed by atoms with Crippen LogP contribution in [0, 0.1) is 5.92 Å². The zero-order valence-corrected chi connectivity index (χ0v) is 10.7. The van der Waals surface area contributed by atoms with Crippen molar-refractivity contribution in [1.82, 2.24) is 4.90 Å². The lowest BCUT2D eigenvalue weighted by molar-refractivity contribution is -0.132. The molecule has 0 aromatic carbocycles. The maximum Gasteiger partial charge on any atom is 0.412 e. The number of alkyl halides is 3. The summed E-state index contributed by atoms with van der Waals surface area (Å²) in [6, 6.07) is 0. The number of halogens is 3. The minimum absolute atomic E-state index is 0.0253. The van der Waals surface area contributed by atoms with E-state index in [0.29, 0.717) is 0 Å². The van der Waals surface area contributed by atoms with Gasteiger partial charge in [0.15, 0.2) is 0 Å². The van der Waals surface area contributed by atoms with Gasteiger partial charge in [-0.05, 0) is 12.3 Å². The molecule has 6 heteroatoms. The van der Waals surface area contributed by atoms with Crippen LogP contribution in [0.3, 0.4) is 0 Å². The summed E-state index contributed by atoms with van der Waals surface area (Å²) in [5.74, 6) is -0.125. The number of thiol groups is 1. The molecule has 0 aliphatic carbocycles. The highest BCUT2D eigenvalue weighted by Crippen LogP contribution is 2.30. The maximum absolute atomic E-state index is 12.4. The first-order valence-electron chi connectivity index (χ1n) is 5.46. The van der Waals surface area contributed by atoms with Crippen LogP contribution in [-0.2, 0) is 4.79 Å². The third kappa shape index (κ3) is 3.66. The van der Waals surface area contributed by atoms with E-state index in [9.17, 15) is 18.0 Å². The van der Waals surface area contributed by atoms with Crippen molar-refractivity contribution >= 4 is 18.5 Å². The molecule has 17 heavy (non-hydrogen) atoms. The molecular formula is C11H16F3NOS. The number of carbonyl (C=O) groups is 1. The van der Waals surface area contributed by atoms with Gasteiger partial charge in [-0.3, -0.25) is 4.79 Å². The average molecular weight is 267 g/mol. The van der Waals surface area contributed by atoms with Gasteiger partial charge in [-0.25, -0.2) is 0 Å². The molecule has 1 unspecified atom stereocenters. The van der Waals surface area contributed by atoms with Crippen LogP contribution in [0.5, 0.6) is 0 Å². The molecule has 1 rings (SSSR count). The van der Waals surface area contributed by atoms with Crippen molar-refractivity contribution in [2.45, 2.75) is 31.7 Å². The summed E-state index contributed by atoms with van der Waals surface area (Å²) in [5, 5.41) is -0.448. The Hall–Kier alpha value is -0.650. The Labute approximate surface area is 104 Å². The van der Waals surface area contributed by atoms with Gasteiger partial charge in [-0.2, -0.15) is 25.8 Å². The summed E-state index contributed by atoms with van der Waals surface area (Å²) >= 11 is 4.18. The van der Waals surface area contributed by atoms with E-state index in [1.54, 1.807) is 0 Å². The van der Waals surface area contributed by atoms with Crippen LogP contribution < -0.4 is 0 Å². The lowest BCUT2D eigenvalue weighted by Crippen LogP contribution is -2.42. The Morgan fingerprint density at radius 2 is 2.06 bits per heavy atom. The van der Waals surface area contributed by atoms with Gasteiger partial charge in [-0.15, -0.1) is 0 Å². The molecule has 1 aliphatic heterocycles. The molecule has 0 aromatic rings. The average Bonchev–Trinajstić information content (AvgIpc) is 2.26. The molecule has 0 saturated heterocycles. The van der Waals surface area contributed by atoms with Crippen LogP contribution in [0.1, 0.15) is 20.3 Å². The minimum Gasteiger partial charge on any atom is -0.338 e. The van der Waals surface area contributed by atoms with Crippen molar-refractivity contribution in [3.8, 4) is 0 Å². The van der Waals surface area contributed by atoms with Gasteiger partial charge >= 0.3 is 6.18 Å². The van der Waals surface area contributed by atoms with Gasteiger partial charge in [0.2, 0.25) is 5.91 Å². The summed E-state index contributed by atoms with van der Waals surface area (Å²) < 4.78 is 37.1. The second-order valence-electron chi connectivity index (χ2n) is 4.45. The Balaban J connectivity index is 2.64. The molecule has 1 aliphatic rings. The SMILES string of the molecule is CC(C)C(S)C(=O)N1CC=C(C(F)(F)F)CC1. The lowest BCUT2D eigenvalue weighted by atomic mass is 10.1. The van der Waals surface area contributed by atoms with Crippen molar-refractivity contribution in [1.29, 1.82) is 0 Å². The molecule has 0 spiro atoms. The van der Waals surface area contributed by atoms with Crippen LogP contribution in [0.25, 0.3) is 0 Å². The molecule has 0 fully saturated rings. The quantitative estimate of drug-likeness (QED) is 0.602. The topological polar surface area (TPSA) is 20.3 Å². The van der Waals surface area contributed by atoms with Gasteiger partial charge in [0.1, 0.15) is 0 Å². The molecule has 1 heterocycles. The molecule has 2 nitrogen and oxygen atoms in total. The van der Waals surface area contributed by atoms with Gasteiger partial charge in [-0.1, -0.05) is 19.9 Å². The molecule has 1 atom stereocenters. The largest absolute Gasteiger partial charge is 0.412 e. The predicted molar refractivity (Wildman–Crippen MR) is 62.9 cm³/mol. The number of nitrogens with zero attached hydrogens (tertiary/aromatic N) is 1. The first-order valence-corrected chi connectivity index (χ1v) is 5.98. The van der Waals surface area contributed by atoms with Gasteiger partial charge in [0.05, 0.1) is 5.25 Å². The number of hydrogen-bond donors (Lipinski definition) is 1. The normalized spacial score (nSPS) is 19.2. The minimum atomic E-state index is -4.27. The Bertz CT molecular complexity index is 325. The Morgan fingerprint density at radius 1 is 1.47 bits per heavy atom. The third-order valence-corrected chi connectivity index (χ3v) is 3.59. The number of hydrogen-bond acceptors (Lipinski definition) is 2. The molecule has 98 valence electrons. The van der Waals surface area contributed by atoms with Crippen LogP contribution in [0.15, 0.2) is 11.6 Å². The summed E-state index contributed by atoms with van der Waals surface area (Å²) in [5.41, 5.74) is -0.540. The molecule has 0 radical (unpaired) electrons. The fourth-order valence-electron chi connectivity index (χ4n) is 1.60. The highest BCUT2D eigenvalue weighted by Gasteiger charge is 2.36. The summed E-state index contributed by atoms with van der Waals surface area (Å²) in [6.45, 7) is 3.86.